The molecule has 2 aromatic rings. The molecule has 1 amide bonds. The Hall–Kier alpha value is -1.85. The Balaban J connectivity index is 1.74. The Morgan fingerprint density at radius 2 is 1.88 bits per heavy atom. The summed E-state index contributed by atoms with van der Waals surface area (Å²) in [7, 11) is 1.68. The zero-order valence-corrected chi connectivity index (χ0v) is 15.6. The van der Waals surface area contributed by atoms with Gasteiger partial charge in [0.2, 0.25) is 0 Å². The highest BCUT2D eigenvalue weighted by atomic mass is 32.1. The number of amides is 1. The highest BCUT2D eigenvalue weighted by molar-refractivity contribution is 7.12. The van der Waals surface area contributed by atoms with Gasteiger partial charge in [-0.2, -0.15) is 0 Å². The van der Waals surface area contributed by atoms with Gasteiger partial charge in [0.05, 0.1) is 18.0 Å². The molecule has 1 N–H and O–H groups in total. The number of likely N-dealkylation sites (tertiary alicyclic amines) is 1. The Kier molecular flexibility index (Phi) is 6.48. The van der Waals surface area contributed by atoms with Gasteiger partial charge in [-0.1, -0.05) is 31.0 Å². The summed E-state index contributed by atoms with van der Waals surface area (Å²) in [5.41, 5.74) is 1.23. The van der Waals surface area contributed by atoms with Crippen LogP contribution in [0.2, 0.25) is 0 Å². The molecule has 0 aliphatic carbocycles. The molecule has 1 atom stereocenters. The largest absolute Gasteiger partial charge is 0.497 e. The van der Waals surface area contributed by atoms with Gasteiger partial charge < -0.3 is 10.1 Å². The van der Waals surface area contributed by atoms with Crippen LogP contribution in [-0.4, -0.2) is 37.6 Å². The predicted molar refractivity (Wildman–Crippen MR) is 102 cm³/mol. The lowest BCUT2D eigenvalue weighted by molar-refractivity contribution is 0.0937. The first-order valence-electron chi connectivity index (χ1n) is 8.97. The van der Waals surface area contributed by atoms with E-state index in [0.29, 0.717) is 6.54 Å². The second kappa shape index (κ2) is 9.02. The third-order valence-electron chi connectivity index (χ3n) is 4.78. The van der Waals surface area contributed by atoms with Crippen molar-refractivity contribution < 1.29 is 9.53 Å². The van der Waals surface area contributed by atoms with Gasteiger partial charge >= 0.3 is 0 Å². The molecule has 1 aromatic carbocycles. The molecule has 0 radical (unpaired) electrons. The molecule has 0 saturated carbocycles. The Labute approximate surface area is 153 Å². The van der Waals surface area contributed by atoms with Crippen molar-refractivity contribution in [3.05, 3.63) is 52.2 Å². The molecule has 4 nitrogen and oxygen atoms in total. The summed E-state index contributed by atoms with van der Waals surface area (Å²) in [6.45, 7) is 2.81. The zero-order chi connectivity index (χ0) is 17.5. The van der Waals surface area contributed by atoms with E-state index in [1.807, 2.05) is 29.6 Å². The van der Waals surface area contributed by atoms with Gasteiger partial charge in [0.1, 0.15) is 5.75 Å². The topological polar surface area (TPSA) is 41.6 Å². The number of nitrogens with zero attached hydrogens (tertiary/aromatic N) is 1. The van der Waals surface area contributed by atoms with E-state index in [4.69, 9.17) is 4.74 Å². The Morgan fingerprint density at radius 3 is 2.48 bits per heavy atom. The molecular formula is C20H26N2O2S. The second-order valence-corrected chi connectivity index (χ2v) is 7.37. The average Bonchev–Trinajstić information content (AvgIpc) is 3.06. The smallest absolute Gasteiger partial charge is 0.261 e. The maximum Gasteiger partial charge on any atom is 0.261 e. The van der Waals surface area contributed by atoms with Gasteiger partial charge in [0.25, 0.3) is 5.91 Å². The summed E-state index contributed by atoms with van der Waals surface area (Å²) in [6.07, 6.45) is 5.05. The second-order valence-electron chi connectivity index (χ2n) is 6.43. The van der Waals surface area contributed by atoms with Gasteiger partial charge in [-0.15, -0.1) is 11.3 Å². The summed E-state index contributed by atoms with van der Waals surface area (Å²) < 4.78 is 5.28. The molecular weight excluding hydrogens is 332 g/mol. The molecule has 3 rings (SSSR count). The van der Waals surface area contributed by atoms with Crippen molar-refractivity contribution in [1.82, 2.24) is 10.2 Å². The van der Waals surface area contributed by atoms with E-state index in [2.05, 4.69) is 22.3 Å². The van der Waals surface area contributed by atoms with E-state index in [-0.39, 0.29) is 11.9 Å². The number of carbonyl (C=O) groups excluding carboxylic acids is 1. The molecule has 0 bridgehead atoms. The van der Waals surface area contributed by atoms with Crippen LogP contribution in [0.25, 0.3) is 0 Å². The molecule has 1 aliphatic rings. The molecule has 5 heteroatoms. The summed E-state index contributed by atoms with van der Waals surface area (Å²) in [5, 5.41) is 5.06. The van der Waals surface area contributed by atoms with Crippen molar-refractivity contribution in [2.24, 2.45) is 0 Å². The molecule has 1 aromatic heterocycles. The maximum atomic E-state index is 12.4. The lowest BCUT2D eigenvalue weighted by Crippen LogP contribution is -2.38. The van der Waals surface area contributed by atoms with Gasteiger partial charge in [-0.05, 0) is 55.1 Å². The lowest BCUT2D eigenvalue weighted by Gasteiger charge is -2.31. The fourth-order valence-electron chi connectivity index (χ4n) is 3.37. The summed E-state index contributed by atoms with van der Waals surface area (Å²) in [5.74, 6) is 0.879. The molecule has 134 valence electrons. The predicted octanol–water partition coefficient (Wildman–Crippen LogP) is 4.10. The van der Waals surface area contributed by atoms with Crippen molar-refractivity contribution in [2.45, 2.75) is 31.7 Å². The van der Waals surface area contributed by atoms with Crippen LogP contribution in [0.3, 0.4) is 0 Å². The number of methoxy groups -OCH3 is 1. The number of thiophene rings is 1. The Morgan fingerprint density at radius 1 is 1.16 bits per heavy atom. The highest BCUT2D eigenvalue weighted by Crippen LogP contribution is 2.25. The van der Waals surface area contributed by atoms with E-state index in [9.17, 15) is 4.79 Å². The summed E-state index contributed by atoms with van der Waals surface area (Å²) >= 11 is 1.48. The minimum Gasteiger partial charge on any atom is -0.497 e. The van der Waals surface area contributed by atoms with Gasteiger partial charge in [0.15, 0.2) is 0 Å². The zero-order valence-electron chi connectivity index (χ0n) is 14.7. The van der Waals surface area contributed by atoms with Crippen LogP contribution in [0.1, 0.15) is 47.0 Å². The van der Waals surface area contributed by atoms with E-state index >= 15 is 0 Å². The molecule has 25 heavy (non-hydrogen) atoms. The SMILES string of the molecule is COc1ccc([C@@H](CNC(=O)c2cccs2)N2CCCCCC2)cc1. The van der Waals surface area contributed by atoms with Gasteiger partial charge in [-0.25, -0.2) is 0 Å². The van der Waals surface area contributed by atoms with Gasteiger partial charge in [-0.3, -0.25) is 9.69 Å². The van der Waals surface area contributed by atoms with Crippen molar-refractivity contribution in [2.75, 3.05) is 26.7 Å². The van der Waals surface area contributed by atoms with Crippen LogP contribution >= 0.6 is 11.3 Å². The highest BCUT2D eigenvalue weighted by Gasteiger charge is 2.22. The number of carbonyl (C=O) groups is 1. The molecule has 2 heterocycles. The first kappa shape index (κ1) is 18.0. The summed E-state index contributed by atoms with van der Waals surface area (Å²) in [6, 6.07) is 12.2. The number of rotatable bonds is 6. The van der Waals surface area contributed by atoms with E-state index in [0.717, 1.165) is 23.7 Å². The normalized spacial score (nSPS) is 16.8. The minimum absolute atomic E-state index is 0.0170. The first-order valence-corrected chi connectivity index (χ1v) is 9.85. The van der Waals surface area contributed by atoms with E-state index in [1.54, 1.807) is 7.11 Å². The average molecular weight is 359 g/mol. The maximum absolute atomic E-state index is 12.4. The van der Waals surface area contributed by atoms with Crippen molar-refractivity contribution in [1.29, 1.82) is 0 Å². The third-order valence-corrected chi connectivity index (χ3v) is 5.65. The van der Waals surface area contributed by atoms with Crippen LogP contribution < -0.4 is 10.1 Å². The number of hydrogen-bond donors (Lipinski definition) is 1. The quantitative estimate of drug-likeness (QED) is 0.845. The van der Waals surface area contributed by atoms with Crippen LogP contribution in [0.15, 0.2) is 41.8 Å². The van der Waals surface area contributed by atoms with Crippen LogP contribution in [0.4, 0.5) is 0 Å². The van der Waals surface area contributed by atoms with Crippen LogP contribution in [0.5, 0.6) is 5.75 Å². The van der Waals surface area contributed by atoms with E-state index < -0.39 is 0 Å². The molecule has 1 aliphatic heterocycles. The van der Waals surface area contributed by atoms with Crippen LogP contribution in [0, 0.1) is 0 Å². The number of ether oxygens (including phenoxy) is 1. The first-order chi connectivity index (χ1) is 12.3. The molecule has 1 saturated heterocycles. The monoisotopic (exact) mass is 358 g/mol. The molecule has 0 unspecified atom stereocenters. The van der Waals surface area contributed by atoms with Crippen molar-refractivity contribution in [3.8, 4) is 5.75 Å². The standard InChI is InChI=1S/C20H26N2O2S/c1-24-17-10-8-16(9-11-17)18(22-12-4-2-3-5-13-22)15-21-20(23)19-7-6-14-25-19/h6-11,14,18H,2-5,12-13,15H2,1H3,(H,21,23)/t18-/m1/s1. The number of hydrogen-bond acceptors (Lipinski definition) is 4. The minimum atomic E-state index is 0.0170. The lowest BCUT2D eigenvalue weighted by atomic mass is 10.0. The van der Waals surface area contributed by atoms with Gasteiger partial charge in [0, 0.05) is 6.54 Å². The van der Waals surface area contributed by atoms with Crippen molar-refractivity contribution >= 4 is 17.2 Å². The molecule has 0 spiro atoms. The Bertz CT molecular complexity index is 647. The van der Waals surface area contributed by atoms with E-state index in [1.165, 1.54) is 42.6 Å². The third kappa shape index (κ3) is 4.83. The fraction of sp³-hybridized carbons (Fsp3) is 0.450. The number of benzene rings is 1. The van der Waals surface area contributed by atoms with Crippen LogP contribution in [-0.2, 0) is 0 Å². The molecule has 1 fully saturated rings. The number of nitrogens with one attached hydrogen (secondary N) is 1. The fourth-order valence-corrected chi connectivity index (χ4v) is 4.01. The summed E-state index contributed by atoms with van der Waals surface area (Å²) in [4.78, 5) is 15.6. The van der Waals surface area contributed by atoms with Crippen molar-refractivity contribution in [3.63, 3.8) is 0 Å².